The Labute approximate surface area is 80.9 Å². The molecule has 0 aliphatic carbocycles. The van der Waals surface area contributed by atoms with E-state index < -0.39 is 30.2 Å². The van der Waals surface area contributed by atoms with Gasteiger partial charge in [0.25, 0.3) is 0 Å². The van der Waals surface area contributed by atoms with Crippen LogP contribution in [-0.2, 0) is 4.74 Å². The topological polar surface area (TPSA) is 29.5 Å². The molecule has 2 nitrogen and oxygen atoms in total. The van der Waals surface area contributed by atoms with Gasteiger partial charge in [-0.1, -0.05) is 0 Å². The van der Waals surface area contributed by atoms with Gasteiger partial charge in [-0.2, -0.15) is 39.5 Å². The maximum Gasteiger partial charge on any atom is 0.475 e. The van der Waals surface area contributed by atoms with Crippen LogP contribution in [0.5, 0.6) is 0 Å². The van der Waals surface area contributed by atoms with Gasteiger partial charge in [-0.3, -0.25) is 0 Å². The Kier molecular flexibility index (Phi) is 3.75. The van der Waals surface area contributed by atoms with E-state index in [-0.39, 0.29) is 0 Å². The van der Waals surface area contributed by atoms with E-state index in [9.17, 15) is 39.5 Å². The van der Waals surface area contributed by atoms with Crippen LogP contribution < -0.4 is 0 Å². The number of aliphatic hydroxyl groups is 1. The van der Waals surface area contributed by atoms with E-state index in [0.29, 0.717) is 0 Å². The summed E-state index contributed by atoms with van der Waals surface area (Å²) in [6, 6.07) is -3.46. The lowest BCUT2D eigenvalue weighted by atomic mass is 10.3. The van der Waals surface area contributed by atoms with Crippen LogP contribution >= 0.6 is 0 Å². The molecule has 0 aromatic carbocycles. The zero-order chi connectivity index (χ0) is 13.4. The van der Waals surface area contributed by atoms with Gasteiger partial charge in [0.05, 0.1) is 0 Å². The Morgan fingerprint density at radius 1 is 0.875 bits per heavy atom. The van der Waals surface area contributed by atoms with Crippen LogP contribution in [0.2, 0.25) is 0 Å². The second-order valence-corrected chi connectivity index (χ2v) is 2.27. The first-order chi connectivity index (χ1) is 6.83. The van der Waals surface area contributed by atoms with Crippen molar-refractivity contribution >= 4 is 0 Å². The summed E-state index contributed by atoms with van der Waals surface area (Å²) in [5, 5.41) is 7.36. The van der Waals surface area contributed by atoms with Gasteiger partial charge in [0, 0.05) is 0 Å². The van der Waals surface area contributed by atoms with Crippen LogP contribution in [0.4, 0.5) is 39.5 Å². The zero-order valence-corrected chi connectivity index (χ0v) is 6.76. The molecule has 0 rings (SSSR count). The van der Waals surface area contributed by atoms with Crippen molar-refractivity contribution in [1.29, 1.82) is 0 Å². The second kappa shape index (κ2) is 4.03. The van der Waals surface area contributed by atoms with Crippen molar-refractivity contribution in [2.24, 2.45) is 0 Å². The monoisotopic (exact) mass is 264 g/mol. The number of alkyl halides is 6. The summed E-state index contributed by atoms with van der Waals surface area (Å²) >= 11 is 0. The fourth-order valence-corrected chi connectivity index (χ4v) is 0.390. The van der Waals surface area contributed by atoms with Crippen LogP contribution in [0.15, 0.2) is 12.1 Å². The molecule has 0 aromatic rings. The smallest absolute Gasteiger partial charge is 0.397 e. The molecule has 0 heterocycles. The predicted molar refractivity (Wildman–Crippen MR) is 28.5 cm³/mol. The molecule has 0 aromatic heterocycles. The summed E-state index contributed by atoms with van der Waals surface area (Å²) in [5.41, 5.74) is 0. The fourth-order valence-electron chi connectivity index (χ4n) is 0.390. The van der Waals surface area contributed by atoms with Gasteiger partial charge in [0.2, 0.25) is 0 Å². The lowest BCUT2D eigenvalue weighted by Gasteiger charge is -2.27. The van der Waals surface area contributed by atoms with Crippen LogP contribution in [0.25, 0.3) is 0 Å². The highest BCUT2D eigenvalue weighted by molar-refractivity contribution is 4.90. The number of rotatable bonds is 4. The normalized spacial score (nSPS) is 13.6. The summed E-state index contributed by atoms with van der Waals surface area (Å²) in [6.07, 6.45) is -16.2. The first-order valence-electron chi connectivity index (χ1n) is 3.08. The lowest BCUT2D eigenvalue weighted by Crippen LogP contribution is -2.55. The Morgan fingerprint density at radius 2 is 1.25 bits per heavy atom. The van der Waals surface area contributed by atoms with Crippen molar-refractivity contribution in [3.63, 3.8) is 0 Å². The van der Waals surface area contributed by atoms with E-state index in [2.05, 4.69) is 0 Å². The van der Waals surface area contributed by atoms with E-state index >= 15 is 0 Å². The molecule has 0 radical (unpaired) electrons. The highest BCUT2D eigenvalue weighted by Crippen LogP contribution is 2.46. The van der Waals surface area contributed by atoms with Crippen molar-refractivity contribution in [3.8, 4) is 0 Å². The maximum atomic E-state index is 12.1. The quantitative estimate of drug-likeness (QED) is 0.625. The summed E-state index contributed by atoms with van der Waals surface area (Å²) in [6.45, 7) is 0. The first-order valence-corrected chi connectivity index (χ1v) is 3.08. The molecule has 0 atom stereocenters. The number of hydrogen-bond donors (Lipinski definition) is 1. The Balaban J connectivity index is 5.15. The third kappa shape index (κ3) is 2.71. The van der Waals surface area contributed by atoms with Gasteiger partial charge in [-0.25, -0.2) is 0 Å². The highest BCUT2D eigenvalue weighted by atomic mass is 19.4. The molecule has 0 spiro atoms. The van der Waals surface area contributed by atoms with Gasteiger partial charge >= 0.3 is 30.2 Å². The molecule has 0 saturated carbocycles. The van der Waals surface area contributed by atoms with Crippen molar-refractivity contribution in [2.45, 2.75) is 18.1 Å². The molecule has 0 aliphatic rings. The minimum atomic E-state index is -6.59. The SMILES string of the molecule is OC(F)(F)C(F)(F)C(F)(F)OC(F)=C(F)F. The van der Waals surface area contributed by atoms with Crippen molar-refractivity contribution in [2.75, 3.05) is 0 Å². The summed E-state index contributed by atoms with van der Waals surface area (Å²) in [4.78, 5) is 0. The fraction of sp³-hybridized carbons (Fsp3) is 0.600. The number of hydrogen-bond acceptors (Lipinski definition) is 2. The van der Waals surface area contributed by atoms with Crippen LogP contribution in [0.3, 0.4) is 0 Å². The zero-order valence-electron chi connectivity index (χ0n) is 6.76. The third-order valence-corrected chi connectivity index (χ3v) is 1.11. The minimum absolute atomic E-state index is 2.03. The van der Waals surface area contributed by atoms with Gasteiger partial charge in [-0.15, -0.1) is 0 Å². The molecular weight excluding hydrogens is 263 g/mol. The Morgan fingerprint density at radius 3 is 1.50 bits per heavy atom. The third-order valence-electron chi connectivity index (χ3n) is 1.11. The number of halogens is 9. The lowest BCUT2D eigenvalue weighted by molar-refractivity contribution is -0.437. The van der Waals surface area contributed by atoms with Gasteiger partial charge < -0.3 is 9.84 Å². The van der Waals surface area contributed by atoms with E-state index in [4.69, 9.17) is 5.11 Å². The minimum Gasteiger partial charge on any atom is -0.397 e. The molecule has 0 amide bonds. The van der Waals surface area contributed by atoms with Gasteiger partial charge in [0.15, 0.2) is 0 Å². The van der Waals surface area contributed by atoms with Crippen molar-refractivity contribution in [3.05, 3.63) is 12.1 Å². The highest BCUT2D eigenvalue weighted by Gasteiger charge is 2.74. The van der Waals surface area contributed by atoms with Crippen LogP contribution in [-0.4, -0.2) is 23.2 Å². The van der Waals surface area contributed by atoms with E-state index in [1.807, 2.05) is 4.74 Å². The Hall–Kier alpha value is -1.13. The van der Waals surface area contributed by atoms with E-state index in [1.165, 1.54) is 0 Å². The second-order valence-electron chi connectivity index (χ2n) is 2.27. The molecule has 0 unspecified atom stereocenters. The molecule has 0 aliphatic heterocycles. The molecule has 96 valence electrons. The molecular formula is C5HF9O2. The van der Waals surface area contributed by atoms with E-state index in [0.717, 1.165) is 0 Å². The molecule has 0 bridgehead atoms. The van der Waals surface area contributed by atoms with Crippen LogP contribution in [0, 0.1) is 0 Å². The summed E-state index contributed by atoms with van der Waals surface area (Å²) in [7, 11) is 0. The number of ether oxygens (including phenoxy) is 1. The molecule has 0 saturated heterocycles. The molecule has 1 N–H and O–H groups in total. The first kappa shape index (κ1) is 14.9. The molecule has 11 heteroatoms. The van der Waals surface area contributed by atoms with Crippen molar-refractivity contribution in [1.82, 2.24) is 0 Å². The standard InChI is InChI=1S/C5HF9O2/c6-1(7)2(8)16-5(13,14)3(9,10)4(11,12)15/h15H. The summed E-state index contributed by atoms with van der Waals surface area (Å²) in [5.74, 6) is -6.59. The molecule has 0 fully saturated rings. The average molecular weight is 264 g/mol. The largest absolute Gasteiger partial charge is 0.475 e. The van der Waals surface area contributed by atoms with Gasteiger partial charge in [0.1, 0.15) is 0 Å². The Bertz CT molecular complexity index is 287. The molecule has 16 heavy (non-hydrogen) atoms. The van der Waals surface area contributed by atoms with E-state index in [1.54, 1.807) is 0 Å². The predicted octanol–water partition coefficient (Wildman–Crippen LogP) is 2.85. The van der Waals surface area contributed by atoms with Gasteiger partial charge in [-0.05, 0) is 0 Å². The van der Waals surface area contributed by atoms with Crippen LogP contribution in [0.1, 0.15) is 0 Å². The summed E-state index contributed by atoms with van der Waals surface area (Å²) < 4.78 is 107. The maximum absolute atomic E-state index is 12.1. The van der Waals surface area contributed by atoms with Crippen molar-refractivity contribution < 1.29 is 49.4 Å². The average Bonchev–Trinajstić information content (AvgIpc) is 2.00.